The summed E-state index contributed by atoms with van der Waals surface area (Å²) in [5.41, 5.74) is 2.64. The Hall–Kier alpha value is -2.51. The first-order chi connectivity index (χ1) is 11.2. The number of alkyl halides is 3. The molecule has 128 valence electrons. The highest BCUT2D eigenvalue weighted by Crippen LogP contribution is 2.37. The molecule has 1 aliphatic rings. The van der Waals surface area contributed by atoms with E-state index >= 15 is 0 Å². The maximum atomic E-state index is 13.0. The van der Waals surface area contributed by atoms with Gasteiger partial charge in [0.15, 0.2) is 0 Å². The Bertz CT molecular complexity index is 797. The van der Waals surface area contributed by atoms with Crippen molar-refractivity contribution in [2.45, 2.75) is 26.2 Å². The lowest BCUT2D eigenvalue weighted by Gasteiger charge is -2.38. The number of para-hydroxylation sites is 1. The highest BCUT2D eigenvalue weighted by atomic mass is 19.4. The predicted molar refractivity (Wildman–Crippen MR) is 82.6 cm³/mol. The van der Waals surface area contributed by atoms with Gasteiger partial charge >= 0.3 is 6.18 Å². The van der Waals surface area contributed by atoms with Gasteiger partial charge in [0.05, 0.1) is 11.3 Å². The second-order valence-corrected chi connectivity index (χ2v) is 5.85. The lowest BCUT2D eigenvalue weighted by atomic mass is 10.0. The molecule has 2 aromatic rings. The number of fused-ring (bicyclic) bond motifs is 1. The minimum absolute atomic E-state index is 0.234. The number of aromatic nitrogens is 2. The van der Waals surface area contributed by atoms with Crippen LogP contribution in [0.5, 0.6) is 0 Å². The number of aryl methyl sites for hydroxylation is 2. The van der Waals surface area contributed by atoms with Gasteiger partial charge in [-0.05, 0) is 26.0 Å². The van der Waals surface area contributed by atoms with Gasteiger partial charge in [-0.15, -0.1) is 0 Å². The molecule has 0 spiro atoms. The van der Waals surface area contributed by atoms with E-state index in [1.54, 1.807) is 43.8 Å². The number of hydrogen-bond donors (Lipinski definition) is 1. The number of rotatable bonds is 2. The van der Waals surface area contributed by atoms with E-state index in [1.165, 1.54) is 6.07 Å². The molecule has 1 aliphatic heterocycles. The van der Waals surface area contributed by atoms with E-state index in [1.807, 2.05) is 0 Å². The van der Waals surface area contributed by atoms with Crippen LogP contribution in [0, 0.1) is 13.8 Å². The van der Waals surface area contributed by atoms with Crippen LogP contribution in [0.1, 0.15) is 33.5 Å². The summed E-state index contributed by atoms with van der Waals surface area (Å²) in [6.45, 7) is 2.17. The Morgan fingerprint density at radius 1 is 1.25 bits per heavy atom. The first-order valence-electron chi connectivity index (χ1n) is 7.42. The number of benzene rings is 1. The van der Waals surface area contributed by atoms with Crippen LogP contribution >= 0.6 is 0 Å². The fourth-order valence-electron chi connectivity index (χ4n) is 3.06. The molecule has 1 amide bonds. The van der Waals surface area contributed by atoms with E-state index in [9.17, 15) is 18.0 Å². The van der Waals surface area contributed by atoms with Gasteiger partial charge < -0.3 is 10.2 Å². The van der Waals surface area contributed by atoms with Gasteiger partial charge in [-0.2, -0.15) is 18.3 Å². The van der Waals surface area contributed by atoms with Gasteiger partial charge in [-0.3, -0.25) is 9.48 Å². The lowest BCUT2D eigenvalue weighted by molar-refractivity contribution is -0.144. The SMILES string of the molecule is Cc1nn(C)c(C)c1[C@@H]1Nc2ccccc2C(=O)N1CC(F)(F)F. The molecule has 0 unspecified atom stereocenters. The zero-order valence-electron chi connectivity index (χ0n) is 13.5. The number of amides is 1. The average molecular weight is 338 g/mol. The number of anilines is 1. The molecule has 1 aromatic heterocycles. The van der Waals surface area contributed by atoms with Crippen molar-refractivity contribution in [1.29, 1.82) is 0 Å². The molecule has 3 rings (SSSR count). The summed E-state index contributed by atoms with van der Waals surface area (Å²) in [5, 5.41) is 7.32. The fraction of sp³-hybridized carbons (Fsp3) is 0.375. The largest absolute Gasteiger partial charge is 0.406 e. The Labute approximate surface area is 137 Å². The summed E-state index contributed by atoms with van der Waals surface area (Å²) in [7, 11) is 1.72. The summed E-state index contributed by atoms with van der Waals surface area (Å²) >= 11 is 0. The van der Waals surface area contributed by atoms with Gasteiger partial charge in [-0.1, -0.05) is 12.1 Å². The van der Waals surface area contributed by atoms with Gasteiger partial charge in [0.2, 0.25) is 0 Å². The highest BCUT2D eigenvalue weighted by molar-refractivity contribution is 6.01. The molecule has 1 N–H and O–H groups in total. The maximum Gasteiger partial charge on any atom is 0.406 e. The number of nitrogens with one attached hydrogen (secondary N) is 1. The first kappa shape index (κ1) is 16.4. The molecule has 0 fully saturated rings. The van der Waals surface area contributed by atoms with Gasteiger partial charge in [0.25, 0.3) is 5.91 Å². The second kappa shape index (κ2) is 5.54. The molecule has 0 saturated carbocycles. The lowest BCUT2D eigenvalue weighted by Crippen LogP contribution is -2.47. The first-order valence-corrected chi connectivity index (χ1v) is 7.42. The molecule has 1 aromatic carbocycles. The average Bonchev–Trinajstić information content (AvgIpc) is 2.74. The van der Waals surface area contributed by atoms with Gasteiger partial charge in [0.1, 0.15) is 12.7 Å². The molecule has 0 bridgehead atoms. The molecule has 0 radical (unpaired) electrons. The van der Waals surface area contributed by atoms with Crippen molar-refractivity contribution >= 4 is 11.6 Å². The van der Waals surface area contributed by atoms with E-state index in [4.69, 9.17) is 0 Å². The monoisotopic (exact) mass is 338 g/mol. The van der Waals surface area contributed by atoms with Crippen molar-refractivity contribution in [2.24, 2.45) is 7.05 Å². The van der Waals surface area contributed by atoms with Crippen LogP contribution in [-0.4, -0.2) is 33.3 Å². The van der Waals surface area contributed by atoms with Gasteiger partial charge in [0, 0.05) is 24.0 Å². The van der Waals surface area contributed by atoms with Crippen LogP contribution in [0.25, 0.3) is 0 Å². The predicted octanol–water partition coefficient (Wildman–Crippen LogP) is 3.17. The Kier molecular flexibility index (Phi) is 3.77. The molecular weight excluding hydrogens is 321 g/mol. The summed E-state index contributed by atoms with van der Waals surface area (Å²) in [6.07, 6.45) is -5.41. The number of halogens is 3. The van der Waals surface area contributed by atoms with Crippen LogP contribution in [0.2, 0.25) is 0 Å². The third-order valence-electron chi connectivity index (χ3n) is 4.21. The van der Waals surface area contributed by atoms with Crippen molar-refractivity contribution in [2.75, 3.05) is 11.9 Å². The zero-order valence-corrected chi connectivity index (χ0v) is 13.5. The van der Waals surface area contributed by atoms with Crippen LogP contribution in [0.3, 0.4) is 0 Å². The number of hydrogen-bond acceptors (Lipinski definition) is 3. The van der Waals surface area contributed by atoms with Crippen LogP contribution in [0.15, 0.2) is 24.3 Å². The Morgan fingerprint density at radius 3 is 2.50 bits per heavy atom. The van der Waals surface area contributed by atoms with Crippen LogP contribution in [-0.2, 0) is 7.05 Å². The van der Waals surface area contributed by atoms with Crippen molar-refractivity contribution in [3.05, 3.63) is 46.8 Å². The van der Waals surface area contributed by atoms with E-state index in [0.29, 0.717) is 22.6 Å². The van der Waals surface area contributed by atoms with Crippen molar-refractivity contribution in [1.82, 2.24) is 14.7 Å². The topological polar surface area (TPSA) is 50.2 Å². The molecule has 8 heteroatoms. The van der Waals surface area contributed by atoms with Crippen LogP contribution < -0.4 is 5.32 Å². The van der Waals surface area contributed by atoms with E-state index in [0.717, 1.165) is 4.90 Å². The van der Waals surface area contributed by atoms with E-state index in [2.05, 4.69) is 10.4 Å². The minimum atomic E-state index is -4.49. The maximum absolute atomic E-state index is 13.0. The Morgan fingerprint density at radius 2 is 1.92 bits per heavy atom. The fourth-order valence-corrected chi connectivity index (χ4v) is 3.06. The molecule has 1 atom stereocenters. The molecule has 24 heavy (non-hydrogen) atoms. The standard InChI is InChI=1S/C16H17F3N4O/c1-9-13(10(2)22(3)21-9)14-20-12-7-5-4-6-11(12)15(24)23(14)8-16(17,18)19/h4-7,14,20H,8H2,1-3H3/t14-/m1/s1. The summed E-state index contributed by atoms with van der Waals surface area (Å²) in [4.78, 5) is 13.5. The number of nitrogens with zero attached hydrogens (tertiary/aromatic N) is 3. The normalized spacial score (nSPS) is 17.7. The number of carbonyl (C=O) groups excluding carboxylic acids is 1. The molecule has 2 heterocycles. The molecule has 0 aliphatic carbocycles. The summed E-state index contributed by atoms with van der Waals surface area (Å²) in [5.74, 6) is -0.644. The molecule has 0 saturated heterocycles. The summed E-state index contributed by atoms with van der Waals surface area (Å²) in [6, 6.07) is 6.57. The van der Waals surface area contributed by atoms with E-state index < -0.39 is 24.8 Å². The van der Waals surface area contributed by atoms with Crippen molar-refractivity contribution in [3.63, 3.8) is 0 Å². The second-order valence-electron chi connectivity index (χ2n) is 5.85. The van der Waals surface area contributed by atoms with E-state index in [-0.39, 0.29) is 5.56 Å². The smallest absolute Gasteiger partial charge is 0.361 e. The minimum Gasteiger partial charge on any atom is -0.361 e. The third kappa shape index (κ3) is 2.72. The van der Waals surface area contributed by atoms with Crippen LogP contribution in [0.4, 0.5) is 18.9 Å². The third-order valence-corrected chi connectivity index (χ3v) is 4.21. The Balaban J connectivity index is 2.13. The number of carbonyl (C=O) groups is 1. The summed E-state index contributed by atoms with van der Waals surface area (Å²) < 4.78 is 40.7. The highest BCUT2D eigenvalue weighted by Gasteiger charge is 2.42. The van der Waals surface area contributed by atoms with Gasteiger partial charge in [-0.25, -0.2) is 0 Å². The van der Waals surface area contributed by atoms with Crippen molar-refractivity contribution in [3.8, 4) is 0 Å². The molecular formula is C16H17F3N4O. The molecule has 5 nitrogen and oxygen atoms in total. The van der Waals surface area contributed by atoms with Crippen molar-refractivity contribution < 1.29 is 18.0 Å². The zero-order chi connectivity index (χ0) is 17.6. The quantitative estimate of drug-likeness (QED) is 0.915.